The summed E-state index contributed by atoms with van der Waals surface area (Å²) in [4.78, 5) is 26.9. The number of allylic oxidation sites excluding steroid dienone is 1. The van der Waals surface area contributed by atoms with Crippen molar-refractivity contribution in [2.24, 2.45) is 21.7 Å². The second-order valence-electron chi connectivity index (χ2n) is 8.08. The molecule has 28 heavy (non-hydrogen) atoms. The first-order chi connectivity index (χ1) is 13.2. The Hall–Kier alpha value is -3.40. The van der Waals surface area contributed by atoms with Gasteiger partial charge in [-0.3, -0.25) is 9.59 Å². The topological polar surface area (TPSA) is 109 Å². The highest BCUT2D eigenvalue weighted by Gasteiger charge is 2.62. The minimum Gasteiger partial charge on any atom is -0.444 e. The second-order valence-corrected chi connectivity index (χ2v) is 8.08. The van der Waals surface area contributed by atoms with Crippen LogP contribution >= 0.6 is 0 Å². The van der Waals surface area contributed by atoms with E-state index < -0.39 is 11.3 Å². The fourth-order valence-electron chi connectivity index (χ4n) is 4.31. The van der Waals surface area contributed by atoms with E-state index in [2.05, 4.69) is 5.10 Å². The number of ether oxygens (including phenoxy) is 1. The van der Waals surface area contributed by atoms with Crippen LogP contribution in [-0.4, -0.2) is 17.4 Å². The monoisotopic (exact) mass is 376 g/mol. The standard InChI is InChI=1S/C21H20N4O3/c1-12-21(19(27)25(24-12)13-7-5-4-6-8-13)14(11-22)18(23)28-16-10-20(2,3)9-15(26)17(16)21/h4-8H,9-10,23H2,1-3H3. The lowest BCUT2D eigenvalue weighted by atomic mass is 9.62. The van der Waals surface area contributed by atoms with Gasteiger partial charge in [0.2, 0.25) is 5.88 Å². The van der Waals surface area contributed by atoms with Gasteiger partial charge in [-0.25, -0.2) is 0 Å². The van der Waals surface area contributed by atoms with E-state index in [9.17, 15) is 14.9 Å². The number of fused-ring (bicyclic) bond motifs is 1. The molecule has 4 rings (SSSR count). The molecule has 0 saturated carbocycles. The maximum absolute atomic E-state index is 13.7. The zero-order chi connectivity index (χ0) is 20.3. The quantitative estimate of drug-likeness (QED) is 0.810. The molecule has 0 fully saturated rings. The number of carbonyl (C=O) groups excluding carboxylic acids is 2. The Morgan fingerprint density at radius 3 is 2.54 bits per heavy atom. The van der Waals surface area contributed by atoms with Crippen molar-refractivity contribution < 1.29 is 14.3 Å². The average molecular weight is 376 g/mol. The van der Waals surface area contributed by atoms with Gasteiger partial charge in [-0.05, 0) is 24.5 Å². The Bertz CT molecular complexity index is 1040. The highest BCUT2D eigenvalue weighted by atomic mass is 16.5. The molecule has 0 bridgehead atoms. The van der Waals surface area contributed by atoms with Crippen molar-refractivity contribution in [1.82, 2.24) is 0 Å². The average Bonchev–Trinajstić information content (AvgIpc) is 2.87. The summed E-state index contributed by atoms with van der Waals surface area (Å²) in [6, 6.07) is 10.9. The smallest absolute Gasteiger partial charge is 0.269 e. The van der Waals surface area contributed by atoms with Gasteiger partial charge >= 0.3 is 0 Å². The summed E-state index contributed by atoms with van der Waals surface area (Å²) in [5, 5.41) is 15.5. The Kier molecular flexibility index (Phi) is 3.72. The molecular weight excluding hydrogens is 356 g/mol. The molecule has 0 saturated heterocycles. The van der Waals surface area contributed by atoms with E-state index in [0.29, 0.717) is 23.6 Å². The number of hydrogen-bond donors (Lipinski definition) is 1. The van der Waals surface area contributed by atoms with Crippen molar-refractivity contribution in [3.05, 3.63) is 53.1 Å². The van der Waals surface area contributed by atoms with E-state index in [1.54, 1.807) is 31.2 Å². The molecule has 3 aliphatic rings. The van der Waals surface area contributed by atoms with E-state index in [1.165, 1.54) is 5.01 Å². The number of hydrazone groups is 1. The lowest BCUT2D eigenvalue weighted by Gasteiger charge is -2.41. The van der Waals surface area contributed by atoms with Crippen LogP contribution in [0, 0.1) is 22.2 Å². The zero-order valence-corrected chi connectivity index (χ0v) is 15.9. The molecule has 1 unspecified atom stereocenters. The molecule has 0 aromatic heterocycles. The van der Waals surface area contributed by atoms with Crippen LogP contribution in [0.2, 0.25) is 0 Å². The molecule has 1 atom stereocenters. The Morgan fingerprint density at radius 2 is 1.89 bits per heavy atom. The fourth-order valence-corrected chi connectivity index (χ4v) is 4.31. The first kappa shape index (κ1) is 18.0. The van der Waals surface area contributed by atoms with Gasteiger partial charge in [-0.2, -0.15) is 15.4 Å². The largest absolute Gasteiger partial charge is 0.444 e. The van der Waals surface area contributed by atoms with E-state index in [1.807, 2.05) is 26.0 Å². The Labute approximate surface area is 162 Å². The molecule has 0 radical (unpaired) electrons. The maximum atomic E-state index is 13.7. The molecule has 2 aliphatic heterocycles. The fraction of sp³-hybridized carbons (Fsp3) is 0.333. The van der Waals surface area contributed by atoms with Crippen LogP contribution in [0.4, 0.5) is 5.69 Å². The molecule has 1 aliphatic carbocycles. The molecule has 2 N–H and O–H groups in total. The molecule has 142 valence electrons. The number of benzene rings is 1. The normalized spacial score (nSPS) is 26.2. The van der Waals surface area contributed by atoms with Crippen molar-refractivity contribution >= 4 is 23.1 Å². The van der Waals surface area contributed by atoms with Crippen molar-refractivity contribution in [3.8, 4) is 6.07 Å². The third kappa shape index (κ3) is 2.24. The molecule has 1 spiro atoms. The van der Waals surface area contributed by atoms with Gasteiger partial charge in [-0.1, -0.05) is 32.0 Å². The summed E-state index contributed by atoms with van der Waals surface area (Å²) in [6.07, 6.45) is 0.697. The minimum absolute atomic E-state index is 0.0796. The predicted molar refractivity (Wildman–Crippen MR) is 102 cm³/mol. The number of carbonyl (C=O) groups is 2. The van der Waals surface area contributed by atoms with Gasteiger partial charge in [0.25, 0.3) is 5.91 Å². The molecule has 1 aromatic rings. The van der Waals surface area contributed by atoms with E-state index in [4.69, 9.17) is 10.5 Å². The number of nitrogens with two attached hydrogens (primary N) is 1. The zero-order valence-electron chi connectivity index (χ0n) is 15.9. The van der Waals surface area contributed by atoms with Crippen LogP contribution in [0.1, 0.15) is 33.6 Å². The van der Waals surface area contributed by atoms with Crippen LogP contribution in [0.3, 0.4) is 0 Å². The lowest BCUT2D eigenvalue weighted by molar-refractivity contribution is -0.126. The number of nitrogens with zero attached hydrogens (tertiary/aromatic N) is 3. The number of Topliss-reactive ketones (excluding diaryl/α,β-unsaturated/α-hetero) is 1. The van der Waals surface area contributed by atoms with E-state index in [0.717, 1.165) is 0 Å². The van der Waals surface area contributed by atoms with Crippen molar-refractivity contribution in [2.45, 2.75) is 33.6 Å². The van der Waals surface area contributed by atoms with Gasteiger partial charge in [-0.15, -0.1) is 0 Å². The molecule has 2 heterocycles. The summed E-state index contributed by atoms with van der Waals surface area (Å²) in [6.45, 7) is 5.56. The summed E-state index contributed by atoms with van der Waals surface area (Å²) in [5.41, 5.74) is 5.11. The summed E-state index contributed by atoms with van der Waals surface area (Å²) in [5.74, 6) is -0.496. The molecule has 1 amide bonds. The number of rotatable bonds is 1. The minimum atomic E-state index is -1.63. The Morgan fingerprint density at radius 1 is 1.21 bits per heavy atom. The van der Waals surface area contributed by atoms with Crippen LogP contribution in [0.25, 0.3) is 0 Å². The number of ketones is 1. The number of anilines is 1. The van der Waals surface area contributed by atoms with Crippen molar-refractivity contribution in [2.75, 3.05) is 5.01 Å². The van der Waals surface area contributed by atoms with Crippen molar-refractivity contribution in [3.63, 3.8) is 0 Å². The summed E-state index contributed by atoms with van der Waals surface area (Å²) < 4.78 is 5.69. The van der Waals surface area contributed by atoms with Gasteiger partial charge in [0.05, 0.1) is 17.0 Å². The molecule has 7 heteroatoms. The van der Waals surface area contributed by atoms with Crippen molar-refractivity contribution in [1.29, 1.82) is 5.26 Å². The maximum Gasteiger partial charge on any atom is 0.269 e. The van der Waals surface area contributed by atoms with Gasteiger partial charge in [0.1, 0.15) is 17.4 Å². The lowest BCUT2D eigenvalue weighted by Crippen LogP contribution is -2.50. The predicted octanol–water partition coefficient (Wildman–Crippen LogP) is 2.76. The summed E-state index contributed by atoms with van der Waals surface area (Å²) in [7, 11) is 0. The second kappa shape index (κ2) is 5.80. The van der Waals surface area contributed by atoms with Gasteiger partial charge in [0, 0.05) is 12.8 Å². The van der Waals surface area contributed by atoms with Crippen LogP contribution in [0.5, 0.6) is 0 Å². The van der Waals surface area contributed by atoms with E-state index >= 15 is 0 Å². The van der Waals surface area contributed by atoms with E-state index in [-0.39, 0.29) is 34.6 Å². The van der Waals surface area contributed by atoms with Crippen LogP contribution in [-0.2, 0) is 14.3 Å². The third-order valence-corrected chi connectivity index (χ3v) is 5.48. The highest BCUT2D eigenvalue weighted by Crippen LogP contribution is 2.53. The summed E-state index contributed by atoms with van der Waals surface area (Å²) >= 11 is 0. The number of amides is 1. The van der Waals surface area contributed by atoms with Crippen LogP contribution < -0.4 is 10.7 Å². The highest BCUT2D eigenvalue weighted by molar-refractivity contribution is 6.28. The Balaban J connectivity index is 1.97. The molecule has 7 nitrogen and oxygen atoms in total. The number of nitriles is 1. The first-order valence-corrected chi connectivity index (χ1v) is 9.02. The third-order valence-electron chi connectivity index (χ3n) is 5.48. The number of para-hydroxylation sites is 1. The SMILES string of the molecule is CC1=NN(c2ccccc2)C(=O)C12C(C#N)=C(N)OC1=C2C(=O)CC(C)(C)C1. The first-order valence-electron chi connectivity index (χ1n) is 9.02. The van der Waals surface area contributed by atoms with Crippen LogP contribution in [0.15, 0.2) is 58.2 Å². The molecule has 1 aromatic carbocycles. The van der Waals surface area contributed by atoms with Gasteiger partial charge in [0.15, 0.2) is 11.2 Å². The van der Waals surface area contributed by atoms with Gasteiger partial charge < -0.3 is 10.5 Å². The molecular formula is C21H20N4O3. The number of hydrogen-bond acceptors (Lipinski definition) is 6.